The lowest BCUT2D eigenvalue weighted by Gasteiger charge is -2.32. The van der Waals surface area contributed by atoms with Gasteiger partial charge in [0.25, 0.3) is 5.91 Å². The lowest BCUT2D eigenvalue weighted by molar-refractivity contribution is -0.143. The van der Waals surface area contributed by atoms with Gasteiger partial charge in [0.05, 0.1) is 7.11 Å². The number of nitrogens with zero attached hydrogens (tertiary/aromatic N) is 1. The summed E-state index contributed by atoms with van der Waals surface area (Å²) in [6.07, 6.45) is 5.79. The largest absolute Gasteiger partial charge is 0.493 e. The van der Waals surface area contributed by atoms with Gasteiger partial charge in [-0.3, -0.25) is 9.59 Å². The SMILES string of the molecule is CC[C@@H](C(=O)NC1CCCCC1)N(Cc1ccc(F)cc1)C(=O)COc1ccccc1OC. The van der Waals surface area contributed by atoms with Crippen LogP contribution in [0.5, 0.6) is 11.5 Å². The van der Waals surface area contributed by atoms with Gasteiger partial charge in [-0.25, -0.2) is 4.39 Å². The van der Waals surface area contributed by atoms with Crippen LogP contribution in [0.1, 0.15) is 51.0 Å². The molecule has 0 bridgehead atoms. The number of rotatable bonds is 10. The Labute approximate surface area is 195 Å². The van der Waals surface area contributed by atoms with Gasteiger partial charge in [0.2, 0.25) is 5.91 Å². The molecule has 2 amide bonds. The van der Waals surface area contributed by atoms with Gasteiger partial charge >= 0.3 is 0 Å². The molecule has 1 fully saturated rings. The summed E-state index contributed by atoms with van der Waals surface area (Å²) in [5.41, 5.74) is 0.742. The Bertz CT molecular complexity index is 913. The van der Waals surface area contributed by atoms with Crippen LogP contribution in [0, 0.1) is 5.82 Å². The summed E-state index contributed by atoms with van der Waals surface area (Å²) in [6, 6.07) is 12.6. The smallest absolute Gasteiger partial charge is 0.261 e. The van der Waals surface area contributed by atoms with E-state index in [1.165, 1.54) is 30.6 Å². The second kappa shape index (κ2) is 12.2. The molecule has 0 unspecified atom stereocenters. The number of carbonyl (C=O) groups excluding carboxylic acids is 2. The molecule has 0 heterocycles. The van der Waals surface area contributed by atoms with Crippen molar-refractivity contribution >= 4 is 11.8 Å². The average molecular weight is 457 g/mol. The lowest BCUT2D eigenvalue weighted by atomic mass is 9.95. The number of halogens is 1. The van der Waals surface area contributed by atoms with Crippen LogP contribution in [0.2, 0.25) is 0 Å². The number of para-hydroxylation sites is 2. The molecule has 0 saturated heterocycles. The quantitative estimate of drug-likeness (QED) is 0.573. The van der Waals surface area contributed by atoms with Gasteiger partial charge in [0, 0.05) is 12.6 Å². The molecule has 1 aliphatic carbocycles. The third-order valence-corrected chi connectivity index (χ3v) is 6.02. The van der Waals surface area contributed by atoms with Crippen molar-refractivity contribution in [2.75, 3.05) is 13.7 Å². The molecule has 0 radical (unpaired) electrons. The highest BCUT2D eigenvalue weighted by molar-refractivity contribution is 5.88. The Hall–Kier alpha value is -3.09. The van der Waals surface area contributed by atoms with Gasteiger partial charge in [-0.2, -0.15) is 0 Å². The lowest BCUT2D eigenvalue weighted by Crippen LogP contribution is -2.52. The number of hydrogen-bond acceptors (Lipinski definition) is 4. The van der Waals surface area contributed by atoms with Gasteiger partial charge in [-0.15, -0.1) is 0 Å². The van der Waals surface area contributed by atoms with Crippen molar-refractivity contribution in [3.8, 4) is 11.5 Å². The van der Waals surface area contributed by atoms with Crippen LogP contribution in [-0.2, 0) is 16.1 Å². The van der Waals surface area contributed by atoms with Crippen molar-refractivity contribution in [1.29, 1.82) is 0 Å². The first-order valence-corrected chi connectivity index (χ1v) is 11.6. The molecule has 7 heteroatoms. The van der Waals surface area contributed by atoms with Crippen molar-refractivity contribution in [2.45, 2.75) is 64.1 Å². The monoisotopic (exact) mass is 456 g/mol. The summed E-state index contributed by atoms with van der Waals surface area (Å²) in [4.78, 5) is 28.0. The molecular formula is C26H33FN2O4. The highest BCUT2D eigenvalue weighted by Crippen LogP contribution is 2.26. The molecule has 178 valence electrons. The van der Waals surface area contributed by atoms with E-state index < -0.39 is 6.04 Å². The molecule has 6 nitrogen and oxygen atoms in total. The fraction of sp³-hybridized carbons (Fsp3) is 0.462. The van der Waals surface area contributed by atoms with Crippen LogP contribution < -0.4 is 14.8 Å². The highest BCUT2D eigenvalue weighted by Gasteiger charge is 2.30. The Morgan fingerprint density at radius 2 is 1.73 bits per heavy atom. The van der Waals surface area contributed by atoms with E-state index in [1.54, 1.807) is 30.3 Å². The van der Waals surface area contributed by atoms with E-state index in [0.717, 1.165) is 31.2 Å². The van der Waals surface area contributed by atoms with Gasteiger partial charge in [-0.1, -0.05) is 50.5 Å². The van der Waals surface area contributed by atoms with E-state index >= 15 is 0 Å². The van der Waals surface area contributed by atoms with Crippen LogP contribution in [0.25, 0.3) is 0 Å². The number of carbonyl (C=O) groups is 2. The number of benzene rings is 2. The topological polar surface area (TPSA) is 67.9 Å². The number of methoxy groups -OCH3 is 1. The molecule has 1 saturated carbocycles. The average Bonchev–Trinajstić information content (AvgIpc) is 2.84. The van der Waals surface area contributed by atoms with Crippen LogP contribution in [0.3, 0.4) is 0 Å². The van der Waals surface area contributed by atoms with Crippen molar-refractivity contribution in [2.24, 2.45) is 0 Å². The van der Waals surface area contributed by atoms with Gasteiger partial charge < -0.3 is 19.7 Å². The summed E-state index contributed by atoms with van der Waals surface area (Å²) in [7, 11) is 1.54. The molecule has 1 atom stereocenters. The first kappa shape index (κ1) is 24.6. The zero-order valence-corrected chi connectivity index (χ0v) is 19.4. The Kier molecular flexibility index (Phi) is 9.10. The minimum Gasteiger partial charge on any atom is -0.493 e. The molecular weight excluding hydrogens is 423 g/mol. The van der Waals surface area contributed by atoms with E-state index in [1.807, 2.05) is 13.0 Å². The molecule has 1 aliphatic rings. The molecule has 3 rings (SSSR count). The van der Waals surface area contributed by atoms with Crippen LogP contribution in [-0.4, -0.2) is 42.5 Å². The number of ether oxygens (including phenoxy) is 2. The minimum absolute atomic E-state index is 0.146. The van der Waals surface area contributed by atoms with E-state index in [-0.39, 0.29) is 36.8 Å². The molecule has 0 spiro atoms. The maximum Gasteiger partial charge on any atom is 0.261 e. The fourth-order valence-corrected chi connectivity index (χ4v) is 4.21. The van der Waals surface area contributed by atoms with Crippen molar-refractivity contribution in [3.63, 3.8) is 0 Å². The van der Waals surface area contributed by atoms with Crippen LogP contribution >= 0.6 is 0 Å². The van der Waals surface area contributed by atoms with Gasteiger partial charge in [0.1, 0.15) is 11.9 Å². The predicted octanol–water partition coefficient (Wildman–Crippen LogP) is 4.47. The summed E-state index contributed by atoms with van der Waals surface area (Å²) < 4.78 is 24.4. The second-order valence-corrected chi connectivity index (χ2v) is 8.36. The van der Waals surface area contributed by atoms with E-state index in [0.29, 0.717) is 17.9 Å². The second-order valence-electron chi connectivity index (χ2n) is 8.36. The maximum absolute atomic E-state index is 13.4. The molecule has 2 aromatic carbocycles. The van der Waals surface area contributed by atoms with Crippen LogP contribution in [0.15, 0.2) is 48.5 Å². The standard InChI is InChI=1S/C26H33FN2O4/c1-3-22(26(31)28-21-9-5-4-6-10-21)29(17-19-13-15-20(27)16-14-19)25(30)18-33-24-12-8-7-11-23(24)32-2/h7-8,11-16,21-22H,3-6,9-10,17-18H2,1-2H3,(H,28,31)/t22-/m0/s1. The normalized spacial score (nSPS) is 14.9. The Balaban J connectivity index is 1.76. The van der Waals surface area contributed by atoms with Gasteiger partial charge in [-0.05, 0) is 49.1 Å². The number of hydrogen-bond donors (Lipinski definition) is 1. The third-order valence-electron chi connectivity index (χ3n) is 6.02. The number of nitrogens with one attached hydrogen (secondary N) is 1. The first-order chi connectivity index (χ1) is 16.0. The molecule has 33 heavy (non-hydrogen) atoms. The Morgan fingerprint density at radius 3 is 2.36 bits per heavy atom. The summed E-state index contributed by atoms with van der Waals surface area (Å²) in [5.74, 6) is 0.151. The minimum atomic E-state index is -0.647. The zero-order chi connectivity index (χ0) is 23.6. The zero-order valence-electron chi connectivity index (χ0n) is 19.4. The maximum atomic E-state index is 13.4. The predicted molar refractivity (Wildman–Crippen MR) is 125 cm³/mol. The van der Waals surface area contributed by atoms with Crippen molar-refractivity contribution in [3.05, 3.63) is 59.9 Å². The number of amides is 2. The molecule has 2 aromatic rings. The summed E-state index contributed by atoms with van der Waals surface area (Å²) in [6.45, 7) is 1.83. The fourth-order valence-electron chi connectivity index (χ4n) is 4.21. The molecule has 0 aliphatic heterocycles. The molecule has 1 N–H and O–H groups in total. The molecule has 0 aromatic heterocycles. The highest BCUT2D eigenvalue weighted by atomic mass is 19.1. The van der Waals surface area contributed by atoms with E-state index in [4.69, 9.17) is 9.47 Å². The third kappa shape index (κ3) is 6.94. The van der Waals surface area contributed by atoms with Gasteiger partial charge in [0.15, 0.2) is 18.1 Å². The van der Waals surface area contributed by atoms with Crippen molar-refractivity contribution < 1.29 is 23.5 Å². The van der Waals surface area contributed by atoms with E-state index in [9.17, 15) is 14.0 Å². The summed E-state index contributed by atoms with van der Waals surface area (Å²) in [5, 5.41) is 3.14. The summed E-state index contributed by atoms with van der Waals surface area (Å²) >= 11 is 0. The van der Waals surface area contributed by atoms with E-state index in [2.05, 4.69) is 5.32 Å². The van der Waals surface area contributed by atoms with Crippen LogP contribution in [0.4, 0.5) is 4.39 Å². The Morgan fingerprint density at radius 1 is 1.06 bits per heavy atom. The van der Waals surface area contributed by atoms with Crippen molar-refractivity contribution in [1.82, 2.24) is 10.2 Å². The first-order valence-electron chi connectivity index (χ1n) is 11.6.